The Kier molecular flexibility index (Phi) is 63.7. The maximum Gasteiger partial charge on any atom is 0.472 e. The van der Waals surface area contributed by atoms with Gasteiger partial charge in [0.05, 0.1) is 26.4 Å². The van der Waals surface area contributed by atoms with Gasteiger partial charge in [-0.25, -0.2) is 9.13 Å². The highest BCUT2D eigenvalue weighted by atomic mass is 31.2. The molecule has 0 aliphatic heterocycles. The lowest BCUT2D eigenvalue weighted by Gasteiger charge is -2.21. The molecule has 0 saturated carbocycles. The van der Waals surface area contributed by atoms with Gasteiger partial charge < -0.3 is 33.8 Å². The molecule has 0 aliphatic rings. The van der Waals surface area contributed by atoms with Gasteiger partial charge in [0.2, 0.25) is 0 Å². The van der Waals surface area contributed by atoms with Gasteiger partial charge in [-0.3, -0.25) is 37.3 Å². The summed E-state index contributed by atoms with van der Waals surface area (Å²) in [4.78, 5) is 72.7. The van der Waals surface area contributed by atoms with E-state index in [1.807, 2.05) is 0 Å². The molecule has 4 unspecified atom stereocenters. The number of carbonyl (C=O) groups excluding carboxylic acids is 4. The number of aliphatic hydroxyl groups excluding tert-OH is 1. The van der Waals surface area contributed by atoms with Crippen LogP contribution in [0.5, 0.6) is 0 Å². The molecule has 19 heteroatoms. The third-order valence-electron chi connectivity index (χ3n) is 17.7. The van der Waals surface area contributed by atoms with E-state index in [0.717, 1.165) is 108 Å². The average molecular weight is 1350 g/mol. The summed E-state index contributed by atoms with van der Waals surface area (Å²) < 4.78 is 68.4. The molecule has 0 aromatic carbocycles. The third-order valence-corrected chi connectivity index (χ3v) is 19.6. The van der Waals surface area contributed by atoms with E-state index in [1.54, 1.807) is 0 Å². The SMILES string of the molecule is CCCCCCCCCCCCCCCCCC(=O)O[C@H](COC(=O)CCCCCCCCCCCCC(C)CC)COP(=O)(O)OC[C@@H](O)COP(=O)(O)OC[C@@H](COC(=O)CCCCCCCCC(C)CC)OC(=O)CCCCCCCCCCCCCCC. The summed E-state index contributed by atoms with van der Waals surface area (Å²) in [6.07, 6.45) is 51.1. The number of unbranched alkanes of at least 4 members (excludes halogenated alkanes) is 40. The van der Waals surface area contributed by atoms with Crippen molar-refractivity contribution in [2.45, 2.75) is 394 Å². The summed E-state index contributed by atoms with van der Waals surface area (Å²) in [5.41, 5.74) is 0. The van der Waals surface area contributed by atoms with Crippen LogP contribution in [-0.2, 0) is 65.4 Å². The van der Waals surface area contributed by atoms with Gasteiger partial charge in [0, 0.05) is 25.7 Å². The van der Waals surface area contributed by atoms with Gasteiger partial charge in [-0.15, -0.1) is 0 Å². The summed E-state index contributed by atoms with van der Waals surface area (Å²) >= 11 is 0. The molecule has 0 aromatic rings. The summed E-state index contributed by atoms with van der Waals surface area (Å²) in [5.74, 6) is -0.578. The summed E-state index contributed by atoms with van der Waals surface area (Å²) in [6.45, 7) is 9.57. The Morgan fingerprint density at radius 2 is 0.522 bits per heavy atom. The standard InChI is InChI=1S/C73H142O17P2/c1-7-11-13-15-17-19-21-23-24-26-28-34-38-46-52-58-72(77)89-68(61-83-70(75)55-49-43-36-32-30-29-31-35-41-47-53-65(5)9-3)63-87-91(79,80)85-59-67(74)60-86-92(81,82)88-64-69(62-84-71(76)56-50-44-40-39-42-48-54-66(6)10-4)90-73(78)57-51-45-37-33-27-25-22-20-18-16-14-12-8-2/h65-69,74H,7-64H2,1-6H3,(H,79,80)(H,81,82)/t65?,66?,67-,68-,69-/m1/s1. The fourth-order valence-electron chi connectivity index (χ4n) is 11.1. The van der Waals surface area contributed by atoms with E-state index in [0.29, 0.717) is 25.7 Å². The number of hydrogen-bond donors (Lipinski definition) is 3. The van der Waals surface area contributed by atoms with Gasteiger partial charge in [-0.1, -0.05) is 324 Å². The van der Waals surface area contributed by atoms with Gasteiger partial charge >= 0.3 is 39.5 Å². The number of rotatable bonds is 72. The van der Waals surface area contributed by atoms with Crippen molar-refractivity contribution in [3.05, 3.63) is 0 Å². The van der Waals surface area contributed by atoms with E-state index in [4.69, 9.17) is 37.0 Å². The van der Waals surface area contributed by atoms with Crippen LogP contribution in [0.15, 0.2) is 0 Å². The second kappa shape index (κ2) is 65.0. The van der Waals surface area contributed by atoms with Crippen molar-refractivity contribution >= 4 is 39.5 Å². The molecule has 546 valence electrons. The zero-order valence-corrected chi connectivity index (χ0v) is 61.6. The van der Waals surface area contributed by atoms with Crippen LogP contribution >= 0.6 is 15.6 Å². The molecule has 0 amide bonds. The number of esters is 4. The molecular weight excluding hydrogens is 1210 g/mol. The Morgan fingerprint density at radius 1 is 0.304 bits per heavy atom. The van der Waals surface area contributed by atoms with Gasteiger partial charge in [-0.05, 0) is 37.5 Å². The maximum absolute atomic E-state index is 13.1. The zero-order valence-electron chi connectivity index (χ0n) is 59.9. The number of hydrogen-bond acceptors (Lipinski definition) is 15. The van der Waals surface area contributed by atoms with Crippen LogP contribution in [0.25, 0.3) is 0 Å². The highest BCUT2D eigenvalue weighted by molar-refractivity contribution is 7.47. The van der Waals surface area contributed by atoms with Gasteiger partial charge in [-0.2, -0.15) is 0 Å². The van der Waals surface area contributed by atoms with Gasteiger partial charge in [0.25, 0.3) is 0 Å². The third kappa shape index (κ3) is 64.1. The Morgan fingerprint density at radius 3 is 0.772 bits per heavy atom. The molecule has 0 saturated heterocycles. The van der Waals surface area contributed by atoms with E-state index in [9.17, 15) is 43.2 Å². The van der Waals surface area contributed by atoms with Crippen LogP contribution in [0.4, 0.5) is 0 Å². The topological polar surface area (TPSA) is 237 Å². The van der Waals surface area contributed by atoms with E-state index in [2.05, 4.69) is 41.5 Å². The van der Waals surface area contributed by atoms with Crippen LogP contribution in [0, 0.1) is 11.8 Å². The predicted molar refractivity (Wildman–Crippen MR) is 372 cm³/mol. The molecule has 0 heterocycles. The van der Waals surface area contributed by atoms with E-state index in [-0.39, 0.29) is 25.7 Å². The summed E-state index contributed by atoms with van der Waals surface area (Å²) in [5, 5.41) is 10.6. The normalized spacial score (nSPS) is 14.7. The number of ether oxygens (including phenoxy) is 4. The number of carbonyl (C=O) groups is 4. The molecule has 0 aromatic heterocycles. The van der Waals surface area contributed by atoms with Crippen molar-refractivity contribution in [1.82, 2.24) is 0 Å². The van der Waals surface area contributed by atoms with Crippen molar-refractivity contribution < 1.29 is 80.2 Å². The highest BCUT2D eigenvalue weighted by Crippen LogP contribution is 2.45. The molecule has 3 N–H and O–H groups in total. The highest BCUT2D eigenvalue weighted by Gasteiger charge is 2.30. The molecule has 0 radical (unpaired) electrons. The fraction of sp³-hybridized carbons (Fsp3) is 0.945. The minimum Gasteiger partial charge on any atom is -0.462 e. The Bertz CT molecular complexity index is 1790. The lowest BCUT2D eigenvalue weighted by atomic mass is 9.99. The van der Waals surface area contributed by atoms with Gasteiger partial charge in [0.15, 0.2) is 12.2 Å². The summed E-state index contributed by atoms with van der Waals surface area (Å²) in [7, 11) is -9.91. The lowest BCUT2D eigenvalue weighted by Crippen LogP contribution is -2.30. The minimum atomic E-state index is -4.95. The van der Waals surface area contributed by atoms with E-state index >= 15 is 0 Å². The molecule has 0 rings (SSSR count). The first-order valence-electron chi connectivity index (χ1n) is 38.1. The number of phosphoric acid groups is 2. The Hall–Kier alpha value is -1.94. The van der Waals surface area contributed by atoms with Crippen molar-refractivity contribution in [3.63, 3.8) is 0 Å². The van der Waals surface area contributed by atoms with Crippen molar-refractivity contribution in [2.75, 3.05) is 39.6 Å². The molecule has 0 fully saturated rings. The number of phosphoric ester groups is 2. The zero-order chi connectivity index (χ0) is 67.9. The lowest BCUT2D eigenvalue weighted by molar-refractivity contribution is -0.161. The largest absolute Gasteiger partial charge is 0.472 e. The molecule has 17 nitrogen and oxygen atoms in total. The average Bonchev–Trinajstić information content (AvgIpc) is 2.92. The monoisotopic (exact) mass is 1350 g/mol. The van der Waals surface area contributed by atoms with Crippen LogP contribution in [-0.4, -0.2) is 96.7 Å². The molecule has 92 heavy (non-hydrogen) atoms. The summed E-state index contributed by atoms with van der Waals surface area (Å²) in [6, 6.07) is 0. The molecule has 0 aliphatic carbocycles. The van der Waals surface area contributed by atoms with Crippen molar-refractivity contribution in [3.8, 4) is 0 Å². The molecule has 0 spiro atoms. The van der Waals surface area contributed by atoms with Crippen molar-refractivity contribution in [2.24, 2.45) is 11.8 Å². The first kappa shape index (κ1) is 90.1. The second-order valence-electron chi connectivity index (χ2n) is 26.8. The number of aliphatic hydroxyl groups is 1. The first-order chi connectivity index (χ1) is 44.4. The molecule has 7 atom stereocenters. The second-order valence-corrected chi connectivity index (χ2v) is 29.7. The van der Waals surface area contributed by atoms with Gasteiger partial charge in [0.1, 0.15) is 19.3 Å². The predicted octanol–water partition coefficient (Wildman–Crippen LogP) is 21.2. The van der Waals surface area contributed by atoms with Crippen LogP contribution in [0.2, 0.25) is 0 Å². The first-order valence-corrected chi connectivity index (χ1v) is 41.1. The van der Waals surface area contributed by atoms with E-state index < -0.39 is 97.5 Å². The molecule has 0 bridgehead atoms. The van der Waals surface area contributed by atoms with E-state index in [1.165, 1.54) is 186 Å². The van der Waals surface area contributed by atoms with Crippen LogP contribution in [0.3, 0.4) is 0 Å². The quantitative estimate of drug-likeness (QED) is 0.0222. The van der Waals surface area contributed by atoms with Crippen molar-refractivity contribution in [1.29, 1.82) is 0 Å². The Balaban J connectivity index is 5.26. The Labute approximate surface area is 562 Å². The fourth-order valence-corrected chi connectivity index (χ4v) is 12.6. The smallest absolute Gasteiger partial charge is 0.462 e. The minimum absolute atomic E-state index is 0.107. The maximum atomic E-state index is 13.1. The molecular formula is C73H142O17P2. The van der Waals surface area contributed by atoms with Crippen LogP contribution < -0.4 is 0 Å². The van der Waals surface area contributed by atoms with Crippen LogP contribution in [0.1, 0.15) is 375 Å².